The molecular weight excluding hydrogens is 228 g/mol. The van der Waals surface area contributed by atoms with Crippen LogP contribution in [0.15, 0.2) is 0 Å². The van der Waals surface area contributed by atoms with Crippen LogP contribution >= 0.6 is 11.8 Å². The zero-order valence-corrected chi connectivity index (χ0v) is 11.8. The lowest BCUT2D eigenvalue weighted by molar-refractivity contribution is 0.132. The summed E-state index contributed by atoms with van der Waals surface area (Å²) in [5.41, 5.74) is 0. The molecule has 1 N–H and O–H groups in total. The first-order valence-corrected chi connectivity index (χ1v) is 8.49. The monoisotopic (exact) mass is 254 g/mol. The fourth-order valence-electron chi connectivity index (χ4n) is 3.93. The summed E-state index contributed by atoms with van der Waals surface area (Å²) < 4.78 is 0. The molecule has 0 aromatic heterocycles. The molecule has 0 amide bonds. The molecule has 3 unspecified atom stereocenters. The number of hydrogen-bond acceptors (Lipinski definition) is 3. The number of nitrogens with zero attached hydrogens (tertiary/aromatic N) is 1. The van der Waals surface area contributed by atoms with Gasteiger partial charge in [0.05, 0.1) is 0 Å². The van der Waals surface area contributed by atoms with Crippen LogP contribution in [0.1, 0.15) is 32.1 Å². The van der Waals surface area contributed by atoms with E-state index in [4.69, 9.17) is 0 Å². The maximum Gasteiger partial charge on any atom is 0.00988 e. The van der Waals surface area contributed by atoms with Crippen LogP contribution in [0.4, 0.5) is 0 Å². The van der Waals surface area contributed by atoms with Gasteiger partial charge in [-0.15, -0.1) is 0 Å². The van der Waals surface area contributed by atoms with Crippen LogP contribution in [-0.2, 0) is 0 Å². The average Bonchev–Trinajstić information content (AvgIpc) is 2.87. The van der Waals surface area contributed by atoms with Crippen molar-refractivity contribution in [1.29, 1.82) is 0 Å². The molecule has 0 radical (unpaired) electrons. The van der Waals surface area contributed by atoms with Gasteiger partial charge in [-0.05, 0) is 75.6 Å². The number of thioether (sulfide) groups is 1. The van der Waals surface area contributed by atoms with Crippen molar-refractivity contribution in [3.05, 3.63) is 0 Å². The molecule has 3 fully saturated rings. The summed E-state index contributed by atoms with van der Waals surface area (Å²) in [5.74, 6) is 4.71. The van der Waals surface area contributed by atoms with Crippen LogP contribution in [-0.4, -0.2) is 48.6 Å². The zero-order chi connectivity index (χ0) is 11.7. The van der Waals surface area contributed by atoms with Gasteiger partial charge in [0, 0.05) is 12.1 Å². The standard InChI is InChI=1S/C14H26N2S/c1-16-13-2-3-14(16)7-12(6-13)9-15-8-11-4-5-17-10-11/h11-15H,2-10H2,1H3. The van der Waals surface area contributed by atoms with Crippen molar-refractivity contribution >= 4 is 11.8 Å². The molecule has 3 aliphatic heterocycles. The Balaban J connectivity index is 1.38. The molecule has 0 spiro atoms. The van der Waals surface area contributed by atoms with Gasteiger partial charge < -0.3 is 10.2 Å². The fourth-order valence-corrected chi connectivity index (χ4v) is 5.21. The smallest absolute Gasteiger partial charge is 0.00988 e. The Labute approximate surface area is 110 Å². The predicted molar refractivity (Wildman–Crippen MR) is 75.6 cm³/mol. The van der Waals surface area contributed by atoms with Gasteiger partial charge in [0.15, 0.2) is 0 Å². The summed E-state index contributed by atoms with van der Waals surface area (Å²) in [6, 6.07) is 1.81. The number of piperidine rings is 1. The Morgan fingerprint density at radius 2 is 1.76 bits per heavy atom. The van der Waals surface area contributed by atoms with E-state index in [2.05, 4.69) is 29.0 Å². The lowest BCUT2D eigenvalue weighted by Crippen LogP contribution is -2.43. The van der Waals surface area contributed by atoms with Gasteiger partial charge >= 0.3 is 0 Å². The molecule has 3 heterocycles. The summed E-state index contributed by atoms with van der Waals surface area (Å²) >= 11 is 2.13. The number of nitrogens with one attached hydrogen (secondary N) is 1. The van der Waals surface area contributed by atoms with Gasteiger partial charge in [0.2, 0.25) is 0 Å². The van der Waals surface area contributed by atoms with Gasteiger partial charge in [-0.3, -0.25) is 0 Å². The summed E-state index contributed by atoms with van der Waals surface area (Å²) in [6.45, 7) is 2.55. The molecule has 0 aliphatic carbocycles. The normalized spacial score (nSPS) is 42.2. The summed E-state index contributed by atoms with van der Waals surface area (Å²) in [4.78, 5) is 2.64. The van der Waals surface area contributed by atoms with Crippen LogP contribution in [0.5, 0.6) is 0 Å². The lowest BCUT2D eigenvalue weighted by Gasteiger charge is -2.36. The highest BCUT2D eigenvalue weighted by Crippen LogP contribution is 2.37. The Hall–Kier alpha value is 0.270. The molecule has 98 valence electrons. The first-order chi connectivity index (χ1) is 8.33. The van der Waals surface area contributed by atoms with Crippen molar-refractivity contribution in [3.8, 4) is 0 Å². The van der Waals surface area contributed by atoms with Crippen LogP contribution in [0.2, 0.25) is 0 Å². The van der Waals surface area contributed by atoms with E-state index in [1.807, 2.05) is 0 Å². The largest absolute Gasteiger partial charge is 0.316 e. The number of rotatable bonds is 4. The molecule has 2 nitrogen and oxygen atoms in total. The number of hydrogen-bond donors (Lipinski definition) is 1. The third kappa shape index (κ3) is 2.82. The highest BCUT2D eigenvalue weighted by atomic mass is 32.2. The van der Waals surface area contributed by atoms with E-state index in [1.165, 1.54) is 56.7 Å². The van der Waals surface area contributed by atoms with E-state index in [0.717, 1.165) is 23.9 Å². The Morgan fingerprint density at radius 3 is 2.41 bits per heavy atom. The maximum atomic E-state index is 3.75. The van der Waals surface area contributed by atoms with Crippen LogP contribution in [0.3, 0.4) is 0 Å². The molecule has 3 atom stereocenters. The molecule has 3 rings (SSSR count). The van der Waals surface area contributed by atoms with E-state index >= 15 is 0 Å². The molecule has 3 aliphatic rings. The van der Waals surface area contributed by atoms with Crippen LogP contribution in [0.25, 0.3) is 0 Å². The minimum atomic E-state index is 0.905. The van der Waals surface area contributed by atoms with E-state index in [9.17, 15) is 0 Å². The van der Waals surface area contributed by atoms with E-state index in [-0.39, 0.29) is 0 Å². The Kier molecular flexibility index (Phi) is 3.98. The molecule has 3 saturated heterocycles. The molecule has 0 aromatic carbocycles. The minimum Gasteiger partial charge on any atom is -0.316 e. The Bertz CT molecular complexity index is 239. The summed E-state index contributed by atoms with van der Waals surface area (Å²) in [6.07, 6.45) is 7.24. The second-order valence-electron chi connectivity index (χ2n) is 6.28. The third-order valence-corrected chi connectivity index (χ3v) is 6.32. The first-order valence-electron chi connectivity index (χ1n) is 7.33. The molecular formula is C14H26N2S. The van der Waals surface area contributed by atoms with E-state index in [0.29, 0.717) is 0 Å². The van der Waals surface area contributed by atoms with Crippen molar-refractivity contribution in [2.24, 2.45) is 11.8 Å². The van der Waals surface area contributed by atoms with Gasteiger partial charge in [-0.25, -0.2) is 0 Å². The molecule has 0 saturated carbocycles. The van der Waals surface area contributed by atoms with Crippen molar-refractivity contribution in [2.75, 3.05) is 31.6 Å². The maximum absolute atomic E-state index is 3.75. The molecule has 3 heteroatoms. The first kappa shape index (κ1) is 12.3. The molecule has 0 aromatic rings. The SMILES string of the molecule is CN1C2CCC1CC(CNCC1CCSC1)C2. The van der Waals surface area contributed by atoms with Crippen molar-refractivity contribution in [1.82, 2.24) is 10.2 Å². The van der Waals surface area contributed by atoms with Gasteiger partial charge in [0.1, 0.15) is 0 Å². The highest BCUT2D eigenvalue weighted by molar-refractivity contribution is 7.99. The second-order valence-corrected chi connectivity index (χ2v) is 7.43. The minimum absolute atomic E-state index is 0.905. The average molecular weight is 254 g/mol. The van der Waals surface area contributed by atoms with E-state index < -0.39 is 0 Å². The van der Waals surface area contributed by atoms with E-state index in [1.54, 1.807) is 0 Å². The van der Waals surface area contributed by atoms with Crippen molar-refractivity contribution in [2.45, 2.75) is 44.2 Å². The lowest BCUT2D eigenvalue weighted by atomic mass is 9.91. The Morgan fingerprint density at radius 1 is 1.06 bits per heavy atom. The van der Waals surface area contributed by atoms with Gasteiger partial charge in [-0.1, -0.05) is 0 Å². The topological polar surface area (TPSA) is 15.3 Å². The number of fused-ring (bicyclic) bond motifs is 2. The quantitative estimate of drug-likeness (QED) is 0.828. The van der Waals surface area contributed by atoms with Gasteiger partial charge in [-0.2, -0.15) is 11.8 Å². The molecule has 17 heavy (non-hydrogen) atoms. The van der Waals surface area contributed by atoms with Crippen LogP contribution in [0, 0.1) is 11.8 Å². The fraction of sp³-hybridized carbons (Fsp3) is 1.00. The zero-order valence-electron chi connectivity index (χ0n) is 11.0. The van der Waals surface area contributed by atoms with Gasteiger partial charge in [0.25, 0.3) is 0 Å². The molecule has 2 bridgehead atoms. The summed E-state index contributed by atoms with van der Waals surface area (Å²) in [5, 5.41) is 3.75. The van der Waals surface area contributed by atoms with Crippen molar-refractivity contribution < 1.29 is 0 Å². The summed E-state index contributed by atoms with van der Waals surface area (Å²) in [7, 11) is 2.34. The van der Waals surface area contributed by atoms with Crippen molar-refractivity contribution in [3.63, 3.8) is 0 Å². The third-order valence-electron chi connectivity index (χ3n) is 5.09. The van der Waals surface area contributed by atoms with Crippen LogP contribution < -0.4 is 5.32 Å². The highest BCUT2D eigenvalue weighted by Gasteiger charge is 2.37. The second kappa shape index (κ2) is 5.50. The predicted octanol–water partition coefficient (Wildman–Crippen LogP) is 2.20.